The van der Waals surface area contributed by atoms with Gasteiger partial charge in [-0.3, -0.25) is 4.98 Å². The van der Waals surface area contributed by atoms with Crippen LogP contribution in [0.25, 0.3) is 10.8 Å². The number of benzene rings is 1. The number of nitrogens with zero attached hydrogens (tertiary/aromatic N) is 3. The highest BCUT2D eigenvalue weighted by Crippen LogP contribution is 2.26. The number of rotatable bonds is 4. The maximum Gasteiger partial charge on any atom is 0.149 e. The lowest BCUT2D eigenvalue weighted by atomic mass is 10.0. The van der Waals surface area contributed by atoms with E-state index < -0.39 is 0 Å². The van der Waals surface area contributed by atoms with Crippen molar-refractivity contribution >= 4 is 10.8 Å². The fourth-order valence-corrected chi connectivity index (χ4v) is 2.37. The van der Waals surface area contributed by atoms with Crippen LogP contribution in [0.15, 0.2) is 55.1 Å². The Morgan fingerprint density at radius 1 is 1.05 bits per heavy atom. The van der Waals surface area contributed by atoms with Gasteiger partial charge in [0.15, 0.2) is 0 Å². The van der Waals surface area contributed by atoms with Gasteiger partial charge in [0.05, 0.1) is 6.04 Å². The average molecular weight is 264 g/mol. The predicted molar refractivity (Wildman–Crippen MR) is 79.3 cm³/mol. The molecule has 4 heteroatoms. The van der Waals surface area contributed by atoms with Crippen LogP contribution >= 0.6 is 0 Å². The van der Waals surface area contributed by atoms with Gasteiger partial charge in [0, 0.05) is 35.7 Å². The van der Waals surface area contributed by atoms with Gasteiger partial charge < -0.3 is 5.32 Å². The van der Waals surface area contributed by atoms with Gasteiger partial charge in [-0.1, -0.05) is 31.2 Å². The molecular formula is C16H16N4. The summed E-state index contributed by atoms with van der Waals surface area (Å²) in [5.74, 6) is 0.771. The Bertz CT molecular complexity index is 692. The van der Waals surface area contributed by atoms with E-state index in [2.05, 4.69) is 39.3 Å². The van der Waals surface area contributed by atoms with E-state index in [1.165, 1.54) is 5.39 Å². The molecular weight excluding hydrogens is 248 g/mol. The molecule has 3 aromatic rings. The topological polar surface area (TPSA) is 50.7 Å². The lowest BCUT2D eigenvalue weighted by molar-refractivity contribution is 0.599. The van der Waals surface area contributed by atoms with Gasteiger partial charge in [-0.05, 0) is 18.0 Å². The first-order chi connectivity index (χ1) is 9.90. The third kappa shape index (κ3) is 2.38. The van der Waals surface area contributed by atoms with Crippen molar-refractivity contribution in [3.63, 3.8) is 0 Å². The third-order valence-electron chi connectivity index (χ3n) is 3.26. The third-order valence-corrected chi connectivity index (χ3v) is 3.26. The van der Waals surface area contributed by atoms with E-state index in [9.17, 15) is 0 Å². The van der Waals surface area contributed by atoms with Crippen molar-refractivity contribution in [2.45, 2.75) is 13.0 Å². The van der Waals surface area contributed by atoms with E-state index >= 15 is 0 Å². The van der Waals surface area contributed by atoms with Crippen molar-refractivity contribution in [2.75, 3.05) is 6.54 Å². The van der Waals surface area contributed by atoms with Gasteiger partial charge in [-0.2, -0.15) is 0 Å². The molecule has 20 heavy (non-hydrogen) atoms. The first-order valence-electron chi connectivity index (χ1n) is 6.73. The summed E-state index contributed by atoms with van der Waals surface area (Å²) in [7, 11) is 0. The molecule has 0 amide bonds. The molecule has 0 saturated carbocycles. The van der Waals surface area contributed by atoms with E-state index in [-0.39, 0.29) is 6.04 Å². The number of pyridine rings is 1. The van der Waals surface area contributed by atoms with Crippen molar-refractivity contribution in [3.8, 4) is 0 Å². The van der Waals surface area contributed by atoms with Gasteiger partial charge >= 0.3 is 0 Å². The van der Waals surface area contributed by atoms with Crippen LogP contribution in [0.5, 0.6) is 0 Å². The standard InChI is InChI=1S/C16H16N4/c1-2-18-15(16-19-8-5-9-20-16)14-11-17-10-12-6-3-4-7-13(12)14/h3-11,15,18H,2H2,1H3. The minimum absolute atomic E-state index is 0.0419. The lowest BCUT2D eigenvalue weighted by Gasteiger charge is -2.18. The van der Waals surface area contributed by atoms with Gasteiger partial charge in [0.1, 0.15) is 5.82 Å². The molecule has 2 heterocycles. The zero-order valence-corrected chi connectivity index (χ0v) is 11.3. The van der Waals surface area contributed by atoms with E-state index in [0.717, 1.165) is 23.3 Å². The molecule has 1 unspecified atom stereocenters. The summed E-state index contributed by atoms with van der Waals surface area (Å²) < 4.78 is 0. The summed E-state index contributed by atoms with van der Waals surface area (Å²) in [6.45, 7) is 2.92. The molecule has 0 aliphatic carbocycles. The first-order valence-corrected chi connectivity index (χ1v) is 6.73. The Labute approximate surface area is 117 Å². The van der Waals surface area contributed by atoms with Crippen LogP contribution in [0.2, 0.25) is 0 Å². The van der Waals surface area contributed by atoms with Crippen LogP contribution in [-0.2, 0) is 0 Å². The summed E-state index contributed by atoms with van der Waals surface area (Å²) >= 11 is 0. The highest BCUT2D eigenvalue weighted by atomic mass is 15.0. The zero-order valence-electron chi connectivity index (χ0n) is 11.3. The van der Waals surface area contributed by atoms with Crippen LogP contribution in [0.3, 0.4) is 0 Å². The number of nitrogens with one attached hydrogen (secondary N) is 1. The van der Waals surface area contributed by atoms with Crippen molar-refractivity contribution in [2.24, 2.45) is 0 Å². The quantitative estimate of drug-likeness (QED) is 0.787. The second-order valence-corrected chi connectivity index (χ2v) is 4.55. The molecule has 0 bridgehead atoms. The molecule has 3 rings (SSSR count). The summed E-state index contributed by atoms with van der Waals surface area (Å²) in [6.07, 6.45) is 7.32. The van der Waals surface area contributed by atoms with E-state index in [1.807, 2.05) is 30.6 Å². The molecule has 0 radical (unpaired) electrons. The van der Waals surface area contributed by atoms with Crippen molar-refractivity contribution in [3.05, 3.63) is 66.5 Å². The number of aromatic nitrogens is 3. The Morgan fingerprint density at radius 2 is 1.85 bits per heavy atom. The summed E-state index contributed by atoms with van der Waals surface area (Å²) in [6, 6.07) is 10.0. The monoisotopic (exact) mass is 264 g/mol. The molecule has 4 nitrogen and oxygen atoms in total. The minimum atomic E-state index is -0.0419. The van der Waals surface area contributed by atoms with Crippen LogP contribution in [0.1, 0.15) is 24.4 Å². The fourth-order valence-electron chi connectivity index (χ4n) is 2.37. The summed E-state index contributed by atoms with van der Waals surface area (Å²) in [5, 5.41) is 5.75. The predicted octanol–water partition coefficient (Wildman–Crippen LogP) is 2.72. The van der Waals surface area contributed by atoms with Crippen molar-refractivity contribution < 1.29 is 0 Å². The number of hydrogen-bond acceptors (Lipinski definition) is 4. The van der Waals surface area contributed by atoms with E-state index in [4.69, 9.17) is 0 Å². The van der Waals surface area contributed by atoms with E-state index in [0.29, 0.717) is 0 Å². The van der Waals surface area contributed by atoms with Gasteiger partial charge in [-0.15, -0.1) is 0 Å². The lowest BCUT2D eigenvalue weighted by Crippen LogP contribution is -2.24. The van der Waals surface area contributed by atoms with Crippen LogP contribution in [0, 0.1) is 0 Å². The molecule has 100 valence electrons. The molecule has 1 N–H and O–H groups in total. The highest BCUT2D eigenvalue weighted by molar-refractivity contribution is 5.85. The largest absolute Gasteiger partial charge is 0.304 e. The van der Waals surface area contributed by atoms with E-state index in [1.54, 1.807) is 12.4 Å². The number of hydrogen-bond donors (Lipinski definition) is 1. The number of fused-ring (bicyclic) bond motifs is 1. The fraction of sp³-hybridized carbons (Fsp3) is 0.188. The Morgan fingerprint density at radius 3 is 2.65 bits per heavy atom. The SMILES string of the molecule is CCNC(c1ncccn1)c1cncc2ccccc12. The molecule has 1 atom stereocenters. The summed E-state index contributed by atoms with van der Waals surface area (Å²) in [5.41, 5.74) is 1.11. The van der Waals surface area contributed by atoms with Crippen molar-refractivity contribution in [1.82, 2.24) is 20.3 Å². The molecule has 0 spiro atoms. The molecule has 0 aliphatic rings. The molecule has 1 aromatic carbocycles. The Balaban J connectivity index is 2.15. The second kappa shape index (κ2) is 5.75. The first kappa shape index (κ1) is 12.7. The molecule has 2 aromatic heterocycles. The van der Waals surface area contributed by atoms with Gasteiger partial charge in [0.2, 0.25) is 0 Å². The molecule has 0 saturated heterocycles. The smallest absolute Gasteiger partial charge is 0.149 e. The minimum Gasteiger partial charge on any atom is -0.304 e. The average Bonchev–Trinajstić information content (AvgIpc) is 2.53. The summed E-state index contributed by atoms with van der Waals surface area (Å²) in [4.78, 5) is 13.1. The van der Waals surface area contributed by atoms with Crippen LogP contribution in [0.4, 0.5) is 0 Å². The second-order valence-electron chi connectivity index (χ2n) is 4.55. The van der Waals surface area contributed by atoms with Crippen LogP contribution in [-0.4, -0.2) is 21.5 Å². The maximum atomic E-state index is 4.38. The van der Waals surface area contributed by atoms with Gasteiger partial charge in [-0.25, -0.2) is 9.97 Å². The molecule has 0 aliphatic heterocycles. The molecule has 0 fully saturated rings. The van der Waals surface area contributed by atoms with Crippen LogP contribution < -0.4 is 5.32 Å². The van der Waals surface area contributed by atoms with Gasteiger partial charge in [0.25, 0.3) is 0 Å². The normalized spacial score (nSPS) is 12.4. The van der Waals surface area contributed by atoms with Crippen molar-refractivity contribution in [1.29, 1.82) is 0 Å². The Kier molecular flexibility index (Phi) is 3.65. The zero-order chi connectivity index (χ0) is 13.8. The maximum absolute atomic E-state index is 4.38. The Hall–Kier alpha value is -2.33. The highest BCUT2D eigenvalue weighted by Gasteiger charge is 2.18.